The summed E-state index contributed by atoms with van der Waals surface area (Å²) in [7, 11) is 0. The van der Waals surface area contributed by atoms with E-state index in [9.17, 15) is 13.2 Å². The van der Waals surface area contributed by atoms with Gasteiger partial charge in [0.25, 0.3) is 0 Å². The maximum Gasteiger partial charge on any atom is 0.404 e. The van der Waals surface area contributed by atoms with Crippen LogP contribution in [0, 0.1) is 0 Å². The highest BCUT2D eigenvalue weighted by molar-refractivity contribution is 7.22. The molecule has 1 unspecified atom stereocenters. The average Bonchev–Trinajstić information content (AvgIpc) is 3.04. The van der Waals surface area contributed by atoms with Crippen molar-refractivity contribution in [2.45, 2.75) is 25.2 Å². The molecule has 3 heterocycles. The lowest BCUT2D eigenvalue weighted by molar-refractivity contribution is -0.156. The highest BCUT2D eigenvalue weighted by Gasteiger charge is 2.42. The summed E-state index contributed by atoms with van der Waals surface area (Å²) >= 11 is 2.81. The predicted molar refractivity (Wildman–Crippen MR) is 87.7 cm³/mol. The first-order chi connectivity index (χ1) is 10.9. The molecule has 120 valence electrons. The van der Waals surface area contributed by atoms with Crippen LogP contribution in [-0.4, -0.2) is 17.2 Å². The molecule has 1 aliphatic rings. The van der Waals surface area contributed by atoms with Crippen LogP contribution in [0.25, 0.3) is 20.8 Å². The lowest BCUT2D eigenvalue weighted by Gasteiger charge is -2.26. The highest BCUT2D eigenvalue weighted by Crippen LogP contribution is 2.44. The quantitative estimate of drug-likeness (QED) is 0.688. The van der Waals surface area contributed by atoms with Crippen molar-refractivity contribution in [2.75, 3.05) is 5.73 Å². The van der Waals surface area contributed by atoms with Gasteiger partial charge in [-0.25, -0.2) is 4.98 Å². The number of thiazole rings is 1. The van der Waals surface area contributed by atoms with Crippen LogP contribution in [0.1, 0.15) is 10.4 Å². The number of anilines is 1. The molecule has 0 fully saturated rings. The lowest BCUT2D eigenvalue weighted by atomic mass is 9.98. The van der Waals surface area contributed by atoms with Gasteiger partial charge in [0.15, 0.2) is 0 Å². The third-order valence-electron chi connectivity index (χ3n) is 3.94. The average molecular weight is 355 g/mol. The van der Waals surface area contributed by atoms with Crippen molar-refractivity contribution in [3.05, 3.63) is 34.7 Å². The molecule has 0 bridgehead atoms. The molecule has 23 heavy (non-hydrogen) atoms. The zero-order valence-electron chi connectivity index (χ0n) is 11.8. The van der Waals surface area contributed by atoms with Crippen molar-refractivity contribution in [3.63, 3.8) is 0 Å². The summed E-state index contributed by atoms with van der Waals surface area (Å²) < 4.78 is 40.1. The van der Waals surface area contributed by atoms with Crippen molar-refractivity contribution in [2.24, 2.45) is 0 Å². The molecule has 4 rings (SSSR count). The topological polar surface area (TPSA) is 50.9 Å². The first-order valence-electron chi connectivity index (χ1n) is 6.99. The molecular weight excluding hydrogens is 343 g/mol. The number of hydrogen-bond acceptors (Lipinski definition) is 5. The van der Waals surface area contributed by atoms with Gasteiger partial charge in [0.05, 0.1) is 15.2 Å². The van der Waals surface area contributed by atoms with Crippen LogP contribution < -0.4 is 11.1 Å². The van der Waals surface area contributed by atoms with Crippen molar-refractivity contribution in [3.8, 4) is 10.6 Å². The van der Waals surface area contributed by atoms with Gasteiger partial charge < -0.3 is 11.1 Å². The fourth-order valence-electron chi connectivity index (χ4n) is 2.83. The summed E-state index contributed by atoms with van der Waals surface area (Å²) in [5.41, 5.74) is 8.32. The van der Waals surface area contributed by atoms with E-state index in [1.165, 1.54) is 22.7 Å². The number of alkyl halides is 3. The number of nitrogens with two attached hydrogens (primary N) is 1. The Hall–Kier alpha value is -1.64. The van der Waals surface area contributed by atoms with E-state index in [0.717, 1.165) is 15.1 Å². The Kier molecular flexibility index (Phi) is 3.36. The minimum atomic E-state index is -4.26. The standard InChI is InChI=1S/C15H12F3N3S2/c16-15(17,18)11-5-7-10(6-20-11)22-13(19)12(7)14-21-8-3-1-2-4-9(8)23-14/h1-4,11,20H,5-6,19H2. The zero-order chi connectivity index (χ0) is 16.2. The fraction of sp³-hybridized carbons (Fsp3) is 0.267. The van der Waals surface area contributed by atoms with E-state index < -0.39 is 12.2 Å². The van der Waals surface area contributed by atoms with Gasteiger partial charge in [0, 0.05) is 17.0 Å². The third-order valence-corrected chi connectivity index (χ3v) is 6.05. The minimum Gasteiger partial charge on any atom is -0.390 e. The van der Waals surface area contributed by atoms with Gasteiger partial charge in [-0.15, -0.1) is 22.7 Å². The summed E-state index contributed by atoms with van der Waals surface area (Å²) in [6.45, 7) is 0.194. The second-order valence-corrected chi connectivity index (χ2v) is 7.58. The number of nitrogen functional groups attached to an aromatic ring is 1. The maximum atomic E-state index is 13.0. The van der Waals surface area contributed by atoms with Gasteiger partial charge in [0.1, 0.15) is 11.0 Å². The van der Waals surface area contributed by atoms with Crippen molar-refractivity contribution < 1.29 is 13.2 Å². The van der Waals surface area contributed by atoms with Crippen molar-refractivity contribution in [1.29, 1.82) is 0 Å². The molecule has 0 spiro atoms. The fourth-order valence-corrected chi connectivity index (χ4v) is 5.00. The predicted octanol–water partition coefficient (Wildman–Crippen LogP) is 4.18. The Balaban J connectivity index is 1.82. The van der Waals surface area contributed by atoms with Crippen LogP contribution in [0.5, 0.6) is 0 Å². The van der Waals surface area contributed by atoms with E-state index >= 15 is 0 Å². The largest absolute Gasteiger partial charge is 0.404 e. The Bertz CT molecular complexity index is 849. The number of fused-ring (bicyclic) bond motifs is 2. The van der Waals surface area contributed by atoms with Crippen LogP contribution in [0.2, 0.25) is 0 Å². The van der Waals surface area contributed by atoms with Crippen LogP contribution in [0.15, 0.2) is 24.3 Å². The van der Waals surface area contributed by atoms with Gasteiger partial charge in [-0.05, 0) is 24.1 Å². The van der Waals surface area contributed by atoms with E-state index in [1.54, 1.807) is 0 Å². The first-order valence-corrected chi connectivity index (χ1v) is 8.63. The van der Waals surface area contributed by atoms with Crippen LogP contribution in [0.3, 0.4) is 0 Å². The molecule has 0 saturated heterocycles. The Morgan fingerprint density at radius 1 is 1.22 bits per heavy atom. The van der Waals surface area contributed by atoms with E-state index in [0.29, 0.717) is 21.1 Å². The highest BCUT2D eigenvalue weighted by atomic mass is 32.1. The minimum absolute atomic E-state index is 0.0994. The number of para-hydroxylation sites is 1. The Morgan fingerprint density at radius 2 is 2.00 bits per heavy atom. The normalized spacial score (nSPS) is 18.3. The van der Waals surface area contributed by atoms with Crippen LogP contribution in [-0.2, 0) is 13.0 Å². The summed E-state index contributed by atoms with van der Waals surface area (Å²) in [4.78, 5) is 5.43. The molecule has 3 N–H and O–H groups in total. The van der Waals surface area contributed by atoms with Crippen LogP contribution in [0.4, 0.5) is 18.2 Å². The maximum absolute atomic E-state index is 13.0. The number of aromatic nitrogens is 1. The van der Waals surface area contributed by atoms with Gasteiger partial charge in [-0.1, -0.05) is 12.1 Å². The van der Waals surface area contributed by atoms with Gasteiger partial charge >= 0.3 is 6.18 Å². The molecule has 0 saturated carbocycles. The Labute approximate surface area is 138 Å². The second kappa shape index (κ2) is 5.19. The Morgan fingerprint density at radius 3 is 2.74 bits per heavy atom. The molecular formula is C15H12F3N3S2. The molecule has 1 aliphatic heterocycles. The number of hydrogen-bond donors (Lipinski definition) is 2. The lowest BCUT2D eigenvalue weighted by Crippen LogP contribution is -2.46. The van der Waals surface area contributed by atoms with Crippen LogP contribution >= 0.6 is 22.7 Å². The molecule has 3 nitrogen and oxygen atoms in total. The number of nitrogens with one attached hydrogen (secondary N) is 1. The van der Waals surface area contributed by atoms with E-state index in [4.69, 9.17) is 5.73 Å². The molecule has 2 aromatic heterocycles. The number of rotatable bonds is 1. The molecule has 0 amide bonds. The first kappa shape index (κ1) is 14.9. The molecule has 1 aromatic carbocycles. The summed E-state index contributed by atoms with van der Waals surface area (Å²) in [5.74, 6) is 0. The second-order valence-electron chi connectivity index (χ2n) is 5.41. The number of halogens is 3. The monoisotopic (exact) mass is 355 g/mol. The molecule has 3 aromatic rings. The van der Waals surface area contributed by atoms with Gasteiger partial charge in [-0.3, -0.25) is 0 Å². The molecule has 8 heteroatoms. The van der Waals surface area contributed by atoms with Gasteiger partial charge in [-0.2, -0.15) is 13.2 Å². The zero-order valence-corrected chi connectivity index (χ0v) is 13.4. The number of nitrogens with zero attached hydrogens (tertiary/aromatic N) is 1. The molecule has 1 atom stereocenters. The third kappa shape index (κ3) is 2.50. The number of benzene rings is 1. The van der Waals surface area contributed by atoms with E-state index in [-0.39, 0.29) is 13.0 Å². The van der Waals surface area contributed by atoms with E-state index in [1.807, 2.05) is 24.3 Å². The summed E-state index contributed by atoms with van der Waals surface area (Å²) in [5, 5.41) is 3.79. The van der Waals surface area contributed by atoms with Crippen molar-refractivity contribution in [1.82, 2.24) is 10.3 Å². The van der Waals surface area contributed by atoms with E-state index in [2.05, 4.69) is 10.3 Å². The SMILES string of the molecule is Nc1sc2c(c1-c1nc3ccccc3s1)CC(C(F)(F)F)NC2. The summed E-state index contributed by atoms with van der Waals surface area (Å²) in [6.07, 6.45) is -4.36. The van der Waals surface area contributed by atoms with Gasteiger partial charge in [0.2, 0.25) is 0 Å². The number of thiophene rings is 1. The summed E-state index contributed by atoms with van der Waals surface area (Å²) in [6, 6.07) is 6.12. The molecule has 0 aliphatic carbocycles. The molecule has 0 radical (unpaired) electrons. The smallest absolute Gasteiger partial charge is 0.390 e. The van der Waals surface area contributed by atoms with Crippen molar-refractivity contribution >= 4 is 37.9 Å².